The summed E-state index contributed by atoms with van der Waals surface area (Å²) in [4.78, 5) is 0. The van der Waals surface area contributed by atoms with E-state index in [-0.39, 0.29) is 0 Å². The lowest BCUT2D eigenvalue weighted by atomic mass is 10.1. The predicted molar refractivity (Wildman–Crippen MR) is 65.8 cm³/mol. The molecule has 0 amide bonds. The lowest BCUT2D eigenvalue weighted by Crippen LogP contribution is -2.10. The molecule has 1 aromatic carbocycles. The fourth-order valence-electron chi connectivity index (χ4n) is 1.62. The first-order valence-electron chi connectivity index (χ1n) is 5.88. The van der Waals surface area contributed by atoms with E-state index in [4.69, 9.17) is 4.42 Å². The maximum atomic E-state index is 5.55. The molecule has 0 fully saturated rings. The zero-order chi connectivity index (χ0) is 11.9. The monoisotopic (exact) mass is 231 g/mol. The van der Waals surface area contributed by atoms with E-state index in [1.54, 1.807) is 0 Å². The standard InChI is InChI=1S/C13H17N3O/c1-14-10-9-13-16-15-12(17-13)8-7-11-5-3-2-4-6-11/h2-6,14H,7-10H2,1H3. The topological polar surface area (TPSA) is 51.0 Å². The molecule has 0 saturated carbocycles. The number of benzene rings is 1. The SMILES string of the molecule is CNCCc1nnc(CCc2ccccc2)o1. The van der Waals surface area contributed by atoms with Crippen LogP contribution in [0.3, 0.4) is 0 Å². The number of likely N-dealkylation sites (N-methyl/N-ethyl adjacent to an activating group) is 1. The predicted octanol–water partition coefficient (Wildman–Crippen LogP) is 1.62. The van der Waals surface area contributed by atoms with Crippen LogP contribution in [-0.4, -0.2) is 23.8 Å². The summed E-state index contributed by atoms with van der Waals surface area (Å²) in [7, 11) is 1.91. The number of aromatic nitrogens is 2. The summed E-state index contributed by atoms with van der Waals surface area (Å²) in [5.41, 5.74) is 1.29. The van der Waals surface area contributed by atoms with Crippen LogP contribution in [0.4, 0.5) is 0 Å². The van der Waals surface area contributed by atoms with Crippen LogP contribution in [0.1, 0.15) is 17.3 Å². The average molecular weight is 231 g/mol. The summed E-state index contributed by atoms with van der Waals surface area (Å²) in [6.45, 7) is 0.861. The zero-order valence-corrected chi connectivity index (χ0v) is 10.0. The van der Waals surface area contributed by atoms with Gasteiger partial charge in [-0.25, -0.2) is 0 Å². The molecule has 1 heterocycles. The number of rotatable bonds is 6. The Morgan fingerprint density at radius 3 is 2.41 bits per heavy atom. The second-order valence-electron chi connectivity index (χ2n) is 3.93. The molecule has 0 unspecified atom stereocenters. The van der Waals surface area contributed by atoms with E-state index in [0.29, 0.717) is 5.89 Å². The molecular formula is C13H17N3O. The van der Waals surface area contributed by atoms with Crippen LogP contribution in [0, 0.1) is 0 Å². The summed E-state index contributed by atoms with van der Waals surface area (Å²) in [5.74, 6) is 1.43. The largest absolute Gasteiger partial charge is 0.425 e. The molecule has 1 N–H and O–H groups in total. The molecular weight excluding hydrogens is 214 g/mol. The van der Waals surface area contributed by atoms with Crippen LogP contribution >= 0.6 is 0 Å². The van der Waals surface area contributed by atoms with Crippen LogP contribution < -0.4 is 5.32 Å². The smallest absolute Gasteiger partial charge is 0.217 e. The lowest BCUT2D eigenvalue weighted by molar-refractivity contribution is 0.446. The molecule has 0 saturated heterocycles. The number of nitrogens with one attached hydrogen (secondary N) is 1. The molecule has 1 aromatic heterocycles. The van der Waals surface area contributed by atoms with Gasteiger partial charge in [0.25, 0.3) is 0 Å². The van der Waals surface area contributed by atoms with Crippen molar-refractivity contribution in [2.75, 3.05) is 13.6 Å². The summed E-state index contributed by atoms with van der Waals surface area (Å²) in [6.07, 6.45) is 2.53. The molecule has 17 heavy (non-hydrogen) atoms. The van der Waals surface area contributed by atoms with Gasteiger partial charge >= 0.3 is 0 Å². The van der Waals surface area contributed by atoms with Crippen LogP contribution in [0.2, 0.25) is 0 Å². The van der Waals surface area contributed by atoms with Crippen molar-refractivity contribution in [3.63, 3.8) is 0 Å². The molecule has 0 aliphatic rings. The summed E-state index contributed by atoms with van der Waals surface area (Å²) >= 11 is 0. The van der Waals surface area contributed by atoms with Gasteiger partial charge in [-0.15, -0.1) is 10.2 Å². The summed E-state index contributed by atoms with van der Waals surface area (Å²) < 4.78 is 5.55. The van der Waals surface area contributed by atoms with Crippen molar-refractivity contribution in [2.24, 2.45) is 0 Å². The number of hydrogen-bond donors (Lipinski definition) is 1. The molecule has 0 bridgehead atoms. The lowest BCUT2D eigenvalue weighted by Gasteiger charge is -1.97. The fourth-order valence-corrected chi connectivity index (χ4v) is 1.62. The third-order valence-corrected chi connectivity index (χ3v) is 2.57. The molecule has 90 valence electrons. The molecule has 0 radical (unpaired) electrons. The van der Waals surface area contributed by atoms with Gasteiger partial charge < -0.3 is 9.73 Å². The maximum Gasteiger partial charge on any atom is 0.217 e. The van der Waals surface area contributed by atoms with Gasteiger partial charge in [0.05, 0.1) is 0 Å². The number of aryl methyl sites for hydroxylation is 2. The van der Waals surface area contributed by atoms with Gasteiger partial charge in [0.15, 0.2) is 0 Å². The van der Waals surface area contributed by atoms with Crippen molar-refractivity contribution in [1.29, 1.82) is 0 Å². The normalized spacial score (nSPS) is 10.6. The Kier molecular flexibility index (Phi) is 4.27. The van der Waals surface area contributed by atoms with Gasteiger partial charge in [-0.2, -0.15) is 0 Å². The van der Waals surface area contributed by atoms with E-state index >= 15 is 0 Å². The summed E-state index contributed by atoms with van der Waals surface area (Å²) in [5, 5.41) is 11.1. The van der Waals surface area contributed by atoms with Crippen molar-refractivity contribution in [3.05, 3.63) is 47.7 Å². The highest BCUT2D eigenvalue weighted by Gasteiger charge is 2.05. The Morgan fingerprint density at radius 2 is 1.71 bits per heavy atom. The molecule has 4 heteroatoms. The Balaban J connectivity index is 1.85. The van der Waals surface area contributed by atoms with Gasteiger partial charge in [0, 0.05) is 19.4 Å². The van der Waals surface area contributed by atoms with E-state index < -0.39 is 0 Å². The Labute approximate surface area is 101 Å². The first kappa shape index (κ1) is 11.8. The van der Waals surface area contributed by atoms with Crippen LogP contribution in [0.5, 0.6) is 0 Å². The molecule has 2 rings (SSSR count). The third kappa shape index (κ3) is 3.67. The minimum absolute atomic E-state index is 0.711. The molecule has 0 spiro atoms. The van der Waals surface area contributed by atoms with Crippen molar-refractivity contribution < 1.29 is 4.42 Å². The second kappa shape index (κ2) is 6.15. The number of hydrogen-bond acceptors (Lipinski definition) is 4. The van der Waals surface area contributed by atoms with Crippen LogP contribution in [0.25, 0.3) is 0 Å². The van der Waals surface area contributed by atoms with Crippen LogP contribution in [-0.2, 0) is 19.3 Å². The van der Waals surface area contributed by atoms with Crippen molar-refractivity contribution in [1.82, 2.24) is 15.5 Å². The average Bonchev–Trinajstić information content (AvgIpc) is 2.83. The molecule has 0 atom stereocenters. The van der Waals surface area contributed by atoms with Crippen molar-refractivity contribution in [2.45, 2.75) is 19.3 Å². The van der Waals surface area contributed by atoms with E-state index in [0.717, 1.165) is 31.7 Å². The van der Waals surface area contributed by atoms with E-state index in [1.165, 1.54) is 5.56 Å². The van der Waals surface area contributed by atoms with Gasteiger partial charge in [-0.3, -0.25) is 0 Å². The minimum atomic E-state index is 0.711. The quantitative estimate of drug-likeness (QED) is 0.820. The zero-order valence-electron chi connectivity index (χ0n) is 10.0. The van der Waals surface area contributed by atoms with Gasteiger partial charge in [-0.05, 0) is 19.0 Å². The highest BCUT2D eigenvalue weighted by Crippen LogP contribution is 2.06. The molecule has 2 aromatic rings. The van der Waals surface area contributed by atoms with E-state index in [2.05, 4.69) is 27.6 Å². The molecule has 0 aliphatic carbocycles. The van der Waals surface area contributed by atoms with E-state index in [9.17, 15) is 0 Å². The first-order valence-corrected chi connectivity index (χ1v) is 5.88. The summed E-state index contributed by atoms with van der Waals surface area (Å²) in [6, 6.07) is 10.3. The maximum absolute atomic E-state index is 5.55. The fraction of sp³-hybridized carbons (Fsp3) is 0.385. The Hall–Kier alpha value is -1.68. The van der Waals surface area contributed by atoms with E-state index in [1.807, 2.05) is 25.2 Å². The number of nitrogens with zero attached hydrogens (tertiary/aromatic N) is 2. The highest BCUT2D eigenvalue weighted by molar-refractivity contribution is 5.15. The van der Waals surface area contributed by atoms with Crippen molar-refractivity contribution in [3.8, 4) is 0 Å². The second-order valence-corrected chi connectivity index (χ2v) is 3.93. The first-order chi connectivity index (χ1) is 8.38. The third-order valence-electron chi connectivity index (χ3n) is 2.57. The van der Waals surface area contributed by atoms with Gasteiger partial charge in [-0.1, -0.05) is 30.3 Å². The Bertz CT molecular complexity index is 439. The van der Waals surface area contributed by atoms with Crippen LogP contribution in [0.15, 0.2) is 34.7 Å². The highest BCUT2D eigenvalue weighted by atomic mass is 16.4. The molecule has 4 nitrogen and oxygen atoms in total. The molecule has 0 aliphatic heterocycles. The van der Waals surface area contributed by atoms with Crippen molar-refractivity contribution >= 4 is 0 Å². The van der Waals surface area contributed by atoms with Gasteiger partial charge in [0.2, 0.25) is 11.8 Å². The van der Waals surface area contributed by atoms with Gasteiger partial charge in [0.1, 0.15) is 0 Å². The minimum Gasteiger partial charge on any atom is -0.425 e. The Morgan fingerprint density at radius 1 is 1.00 bits per heavy atom.